The highest BCUT2D eigenvalue weighted by Crippen LogP contribution is 2.41. The minimum atomic E-state index is -0.409. The Morgan fingerprint density at radius 1 is 1.14 bits per heavy atom. The first-order chi connectivity index (χ1) is 13.5. The Labute approximate surface area is 169 Å². The van der Waals surface area contributed by atoms with Gasteiger partial charge in [-0.2, -0.15) is 0 Å². The summed E-state index contributed by atoms with van der Waals surface area (Å²) in [5.74, 6) is 1.00. The molecule has 148 valence electrons. The number of methoxy groups -OCH3 is 1. The predicted octanol–water partition coefficient (Wildman–Crippen LogP) is 3.94. The molecule has 1 aliphatic carbocycles. The third-order valence-electron chi connectivity index (χ3n) is 5.69. The minimum absolute atomic E-state index is 0.0981. The monoisotopic (exact) mass is 399 g/mol. The summed E-state index contributed by atoms with van der Waals surface area (Å²) in [6, 6.07) is 7.99. The minimum Gasteiger partial charge on any atom is -0.497 e. The Kier molecular flexibility index (Phi) is 5.40. The van der Waals surface area contributed by atoms with Crippen LogP contribution in [-0.4, -0.2) is 43.6 Å². The van der Waals surface area contributed by atoms with Crippen molar-refractivity contribution in [2.24, 2.45) is 5.92 Å². The van der Waals surface area contributed by atoms with Crippen LogP contribution in [0.1, 0.15) is 40.6 Å². The molecular weight excluding hydrogens is 374 g/mol. The summed E-state index contributed by atoms with van der Waals surface area (Å²) in [4.78, 5) is 28.3. The number of fused-ring (bicyclic) bond motifs is 3. The zero-order chi connectivity index (χ0) is 19.7. The van der Waals surface area contributed by atoms with Gasteiger partial charge in [0.05, 0.1) is 7.11 Å². The van der Waals surface area contributed by atoms with E-state index in [1.54, 1.807) is 12.0 Å². The molecule has 0 radical (unpaired) electrons. The van der Waals surface area contributed by atoms with Crippen LogP contribution in [0.3, 0.4) is 0 Å². The Balaban J connectivity index is 1.42. The average Bonchev–Trinajstić information content (AvgIpc) is 3.16. The first kappa shape index (κ1) is 19.0. The lowest BCUT2D eigenvalue weighted by Crippen LogP contribution is -2.40. The first-order valence-electron chi connectivity index (χ1n) is 9.80. The molecule has 0 bridgehead atoms. The van der Waals surface area contributed by atoms with Crippen LogP contribution in [0, 0.1) is 5.92 Å². The van der Waals surface area contributed by atoms with Gasteiger partial charge in [0.2, 0.25) is 0 Å². The van der Waals surface area contributed by atoms with E-state index in [0.717, 1.165) is 55.0 Å². The third-order valence-corrected chi connectivity index (χ3v) is 6.88. The molecule has 2 heterocycles. The lowest BCUT2D eigenvalue weighted by Gasteiger charge is -2.30. The molecule has 1 aromatic heterocycles. The highest BCUT2D eigenvalue weighted by atomic mass is 32.1. The Morgan fingerprint density at radius 3 is 2.64 bits per heavy atom. The molecular formula is C22H25NO4S. The summed E-state index contributed by atoms with van der Waals surface area (Å²) in [7, 11) is 1.67. The highest BCUT2D eigenvalue weighted by molar-refractivity contribution is 7.17. The van der Waals surface area contributed by atoms with Gasteiger partial charge in [0.25, 0.3) is 5.91 Å². The van der Waals surface area contributed by atoms with Crippen molar-refractivity contribution in [2.45, 2.75) is 32.6 Å². The number of carbonyl (C=O) groups excluding carboxylic acids is 2. The molecule has 0 N–H and O–H groups in total. The van der Waals surface area contributed by atoms with Gasteiger partial charge in [-0.1, -0.05) is 6.92 Å². The summed E-state index contributed by atoms with van der Waals surface area (Å²) in [5, 5.41) is 0. The second-order valence-electron chi connectivity index (χ2n) is 7.63. The normalized spacial score (nSPS) is 16.3. The first-order valence-corrected chi connectivity index (χ1v) is 10.6. The SMILES string of the molecule is COc1ccc2c(c1)CCc1cc(C(=O)OCC(=O)N3CCC(C)CC3)sc1-2. The predicted molar refractivity (Wildman–Crippen MR) is 109 cm³/mol. The van der Waals surface area contributed by atoms with E-state index in [1.807, 2.05) is 12.1 Å². The van der Waals surface area contributed by atoms with Gasteiger partial charge in [-0.05, 0) is 72.6 Å². The van der Waals surface area contributed by atoms with Crippen LogP contribution in [0.15, 0.2) is 24.3 Å². The van der Waals surface area contributed by atoms with Crippen LogP contribution < -0.4 is 4.74 Å². The van der Waals surface area contributed by atoms with Crippen molar-refractivity contribution in [1.29, 1.82) is 0 Å². The Morgan fingerprint density at radius 2 is 1.89 bits per heavy atom. The number of aryl methyl sites for hydroxylation is 2. The maximum absolute atomic E-state index is 12.5. The lowest BCUT2D eigenvalue weighted by molar-refractivity contribution is -0.135. The van der Waals surface area contributed by atoms with E-state index < -0.39 is 5.97 Å². The molecule has 0 saturated carbocycles. The Hall–Kier alpha value is -2.34. The van der Waals surface area contributed by atoms with Gasteiger partial charge < -0.3 is 14.4 Å². The van der Waals surface area contributed by atoms with Crippen molar-refractivity contribution in [1.82, 2.24) is 4.90 Å². The van der Waals surface area contributed by atoms with E-state index in [0.29, 0.717) is 10.8 Å². The van der Waals surface area contributed by atoms with Crippen LogP contribution in [0.5, 0.6) is 5.75 Å². The standard InChI is InChI=1S/C22H25NO4S/c1-14-7-9-23(10-8-14)20(24)13-27-22(25)19-12-16-4-3-15-11-17(26-2)5-6-18(15)21(16)28-19/h5-6,11-12,14H,3-4,7-10,13H2,1-2H3. The number of benzene rings is 1. The number of hydrogen-bond donors (Lipinski definition) is 0. The van der Waals surface area contributed by atoms with Gasteiger partial charge in [0.15, 0.2) is 6.61 Å². The van der Waals surface area contributed by atoms with Crippen LogP contribution in [-0.2, 0) is 22.4 Å². The molecule has 2 aliphatic rings. The van der Waals surface area contributed by atoms with Gasteiger partial charge in [-0.25, -0.2) is 4.79 Å². The van der Waals surface area contributed by atoms with Crippen molar-refractivity contribution < 1.29 is 19.1 Å². The fourth-order valence-electron chi connectivity index (χ4n) is 3.89. The van der Waals surface area contributed by atoms with Crippen LogP contribution in [0.4, 0.5) is 0 Å². The molecule has 4 rings (SSSR count). The number of thiophene rings is 1. The van der Waals surface area contributed by atoms with Crippen LogP contribution in [0.25, 0.3) is 10.4 Å². The van der Waals surface area contributed by atoms with Crippen molar-refractivity contribution in [2.75, 3.05) is 26.8 Å². The maximum atomic E-state index is 12.5. The van der Waals surface area contributed by atoms with Crippen molar-refractivity contribution in [3.63, 3.8) is 0 Å². The highest BCUT2D eigenvalue weighted by Gasteiger charge is 2.25. The molecule has 1 fully saturated rings. The molecule has 6 heteroatoms. The smallest absolute Gasteiger partial charge is 0.348 e. The number of likely N-dealkylation sites (tertiary alicyclic amines) is 1. The number of piperidine rings is 1. The van der Waals surface area contributed by atoms with E-state index in [-0.39, 0.29) is 12.5 Å². The van der Waals surface area contributed by atoms with Crippen molar-refractivity contribution in [3.05, 3.63) is 40.3 Å². The zero-order valence-electron chi connectivity index (χ0n) is 16.3. The fourth-order valence-corrected chi connectivity index (χ4v) is 5.05. The summed E-state index contributed by atoms with van der Waals surface area (Å²) >= 11 is 1.45. The molecule has 1 aromatic carbocycles. The van der Waals surface area contributed by atoms with Gasteiger partial charge in [-0.15, -0.1) is 11.3 Å². The third kappa shape index (κ3) is 3.78. The molecule has 0 atom stereocenters. The molecule has 5 nitrogen and oxygen atoms in total. The molecule has 1 aliphatic heterocycles. The maximum Gasteiger partial charge on any atom is 0.348 e. The number of amides is 1. The number of rotatable bonds is 4. The van der Waals surface area contributed by atoms with Crippen molar-refractivity contribution in [3.8, 4) is 16.2 Å². The number of carbonyl (C=O) groups is 2. The second-order valence-corrected chi connectivity index (χ2v) is 8.68. The van der Waals surface area contributed by atoms with E-state index in [2.05, 4.69) is 19.1 Å². The summed E-state index contributed by atoms with van der Waals surface area (Å²) in [6.07, 6.45) is 3.85. The molecule has 28 heavy (non-hydrogen) atoms. The molecule has 1 amide bonds. The lowest BCUT2D eigenvalue weighted by atomic mass is 9.91. The van der Waals surface area contributed by atoms with E-state index >= 15 is 0 Å². The largest absolute Gasteiger partial charge is 0.497 e. The number of esters is 1. The van der Waals surface area contributed by atoms with E-state index in [1.165, 1.54) is 22.5 Å². The van der Waals surface area contributed by atoms with Crippen LogP contribution >= 0.6 is 11.3 Å². The van der Waals surface area contributed by atoms with Crippen molar-refractivity contribution >= 4 is 23.2 Å². The van der Waals surface area contributed by atoms with E-state index in [4.69, 9.17) is 9.47 Å². The van der Waals surface area contributed by atoms with Crippen LogP contribution in [0.2, 0.25) is 0 Å². The molecule has 1 saturated heterocycles. The summed E-state index contributed by atoms with van der Waals surface area (Å²) in [6.45, 7) is 3.54. The average molecular weight is 400 g/mol. The fraction of sp³-hybridized carbons (Fsp3) is 0.455. The topological polar surface area (TPSA) is 55.8 Å². The summed E-state index contributed by atoms with van der Waals surface area (Å²) < 4.78 is 10.6. The molecule has 0 unspecified atom stereocenters. The Bertz CT molecular complexity index is 896. The summed E-state index contributed by atoms with van der Waals surface area (Å²) in [5.41, 5.74) is 3.57. The number of hydrogen-bond acceptors (Lipinski definition) is 5. The van der Waals surface area contributed by atoms with Gasteiger partial charge in [0.1, 0.15) is 10.6 Å². The number of ether oxygens (including phenoxy) is 2. The zero-order valence-corrected chi connectivity index (χ0v) is 17.1. The van der Waals surface area contributed by atoms with Gasteiger partial charge >= 0.3 is 5.97 Å². The van der Waals surface area contributed by atoms with Gasteiger partial charge in [-0.3, -0.25) is 4.79 Å². The molecule has 0 spiro atoms. The van der Waals surface area contributed by atoms with E-state index in [9.17, 15) is 9.59 Å². The number of nitrogens with zero attached hydrogens (tertiary/aromatic N) is 1. The molecule has 2 aromatic rings. The quantitative estimate of drug-likeness (QED) is 0.731. The second kappa shape index (κ2) is 7.95. The van der Waals surface area contributed by atoms with Gasteiger partial charge in [0, 0.05) is 18.0 Å².